The molecule has 1 heterocycles. The third kappa shape index (κ3) is 2.30. The molecule has 0 spiro atoms. The first kappa shape index (κ1) is 12.7. The Kier molecular flexibility index (Phi) is 3.67. The highest BCUT2D eigenvalue weighted by atomic mass is 79.9. The highest BCUT2D eigenvalue weighted by Gasteiger charge is 2.40. The minimum Gasteiger partial charge on any atom is -0.497 e. The second kappa shape index (κ2) is 4.89. The minimum atomic E-state index is 0.530. The van der Waals surface area contributed by atoms with Crippen molar-refractivity contribution in [3.05, 3.63) is 22.7 Å². The van der Waals surface area contributed by atoms with Crippen LogP contribution in [-0.4, -0.2) is 20.2 Å². The molecule has 1 fully saturated rings. The third-order valence-corrected chi connectivity index (χ3v) is 4.72. The molecule has 0 saturated carbocycles. The molecule has 0 N–H and O–H groups in total. The number of anilines is 1. The van der Waals surface area contributed by atoms with Crippen molar-refractivity contribution in [3.63, 3.8) is 0 Å². The fraction of sp³-hybridized carbons (Fsp3) is 0.571. The van der Waals surface area contributed by atoms with Gasteiger partial charge in [0.15, 0.2) is 0 Å². The van der Waals surface area contributed by atoms with Crippen LogP contribution in [0.1, 0.15) is 26.7 Å². The number of rotatable bonds is 4. The summed E-state index contributed by atoms with van der Waals surface area (Å²) in [4.78, 5) is 2.43. The molecule has 1 aliphatic heterocycles. The monoisotopic (exact) mass is 297 g/mol. The zero-order valence-electron chi connectivity index (χ0n) is 10.8. The lowest BCUT2D eigenvalue weighted by atomic mass is 9.75. The number of ether oxygens (including phenoxy) is 1. The molecule has 0 atom stereocenters. The van der Waals surface area contributed by atoms with E-state index in [2.05, 4.69) is 46.8 Å². The molecule has 3 heteroatoms. The number of benzene rings is 1. The maximum atomic E-state index is 5.29. The van der Waals surface area contributed by atoms with Crippen molar-refractivity contribution in [1.82, 2.24) is 0 Å². The SMILES string of the molecule is CCC1(CC)CN(c2cc(OC)ccc2Br)C1. The largest absolute Gasteiger partial charge is 0.497 e. The van der Waals surface area contributed by atoms with Gasteiger partial charge in [0.05, 0.1) is 12.8 Å². The lowest BCUT2D eigenvalue weighted by Crippen LogP contribution is -2.56. The van der Waals surface area contributed by atoms with Gasteiger partial charge >= 0.3 is 0 Å². The molecule has 0 amide bonds. The summed E-state index contributed by atoms with van der Waals surface area (Å²) in [5, 5.41) is 0. The summed E-state index contributed by atoms with van der Waals surface area (Å²) in [7, 11) is 1.71. The van der Waals surface area contributed by atoms with Crippen molar-refractivity contribution in [2.45, 2.75) is 26.7 Å². The number of hydrogen-bond acceptors (Lipinski definition) is 2. The molecule has 0 unspecified atom stereocenters. The smallest absolute Gasteiger partial charge is 0.121 e. The average Bonchev–Trinajstić information content (AvgIpc) is 2.31. The van der Waals surface area contributed by atoms with Crippen LogP contribution in [0.4, 0.5) is 5.69 Å². The Bertz CT molecular complexity index is 393. The van der Waals surface area contributed by atoms with Crippen LogP contribution >= 0.6 is 15.9 Å². The Hall–Kier alpha value is -0.700. The number of hydrogen-bond donors (Lipinski definition) is 0. The zero-order chi connectivity index (χ0) is 12.5. The Labute approximate surface area is 112 Å². The molecule has 2 nitrogen and oxygen atoms in total. The Morgan fingerprint density at radius 2 is 1.94 bits per heavy atom. The van der Waals surface area contributed by atoms with E-state index in [1.807, 2.05) is 6.07 Å². The van der Waals surface area contributed by atoms with E-state index in [1.165, 1.54) is 18.5 Å². The van der Waals surface area contributed by atoms with E-state index < -0.39 is 0 Å². The normalized spacial score (nSPS) is 17.8. The molecule has 1 aromatic rings. The molecule has 0 aromatic heterocycles. The second-order valence-corrected chi connectivity index (χ2v) is 5.73. The van der Waals surface area contributed by atoms with Crippen molar-refractivity contribution in [1.29, 1.82) is 0 Å². The second-order valence-electron chi connectivity index (χ2n) is 4.88. The number of methoxy groups -OCH3 is 1. The van der Waals surface area contributed by atoms with Crippen molar-refractivity contribution in [2.24, 2.45) is 5.41 Å². The van der Waals surface area contributed by atoms with Gasteiger partial charge in [0, 0.05) is 29.0 Å². The van der Waals surface area contributed by atoms with Crippen LogP contribution in [0.3, 0.4) is 0 Å². The fourth-order valence-electron chi connectivity index (χ4n) is 2.49. The van der Waals surface area contributed by atoms with Crippen LogP contribution in [-0.2, 0) is 0 Å². The molecule has 1 aromatic carbocycles. The van der Waals surface area contributed by atoms with Gasteiger partial charge in [-0.05, 0) is 40.9 Å². The topological polar surface area (TPSA) is 12.5 Å². The molecule has 0 bridgehead atoms. The van der Waals surface area contributed by atoms with E-state index in [1.54, 1.807) is 7.11 Å². The Balaban J connectivity index is 2.15. The van der Waals surface area contributed by atoms with Gasteiger partial charge < -0.3 is 9.64 Å². The van der Waals surface area contributed by atoms with E-state index in [0.29, 0.717) is 5.41 Å². The van der Waals surface area contributed by atoms with E-state index >= 15 is 0 Å². The van der Waals surface area contributed by atoms with Crippen molar-refractivity contribution >= 4 is 21.6 Å². The van der Waals surface area contributed by atoms with Gasteiger partial charge in [-0.15, -0.1) is 0 Å². The number of nitrogens with zero attached hydrogens (tertiary/aromatic N) is 1. The van der Waals surface area contributed by atoms with Crippen molar-refractivity contribution < 1.29 is 4.74 Å². The van der Waals surface area contributed by atoms with Crippen molar-refractivity contribution in [2.75, 3.05) is 25.1 Å². The first-order chi connectivity index (χ1) is 8.14. The third-order valence-electron chi connectivity index (χ3n) is 4.05. The maximum Gasteiger partial charge on any atom is 0.121 e. The Morgan fingerprint density at radius 1 is 1.29 bits per heavy atom. The first-order valence-corrected chi connectivity index (χ1v) is 7.02. The standard InChI is InChI=1S/C14H20BrNO/c1-4-14(5-2)9-16(10-14)13-8-11(17-3)6-7-12(13)15/h6-8H,4-5,9-10H2,1-3H3. The van der Waals surface area contributed by atoms with E-state index in [-0.39, 0.29) is 0 Å². The molecule has 1 aliphatic rings. The van der Waals surface area contributed by atoms with E-state index in [0.717, 1.165) is 23.3 Å². The molecule has 0 aliphatic carbocycles. The Morgan fingerprint density at radius 3 is 2.47 bits per heavy atom. The predicted octanol–water partition coefficient (Wildman–Crippen LogP) is 4.08. The van der Waals surface area contributed by atoms with Crippen LogP contribution in [0.15, 0.2) is 22.7 Å². The van der Waals surface area contributed by atoms with Gasteiger partial charge in [0.25, 0.3) is 0 Å². The summed E-state index contributed by atoms with van der Waals surface area (Å²) in [6.07, 6.45) is 2.53. The van der Waals surface area contributed by atoms with Crippen LogP contribution in [0.2, 0.25) is 0 Å². The highest BCUT2D eigenvalue weighted by molar-refractivity contribution is 9.10. The molecule has 1 saturated heterocycles. The summed E-state index contributed by atoms with van der Waals surface area (Å²) in [6.45, 7) is 6.90. The van der Waals surface area contributed by atoms with Gasteiger partial charge in [-0.3, -0.25) is 0 Å². The van der Waals surface area contributed by atoms with E-state index in [4.69, 9.17) is 4.74 Å². The fourth-order valence-corrected chi connectivity index (χ4v) is 2.99. The van der Waals surface area contributed by atoms with Crippen LogP contribution in [0, 0.1) is 5.41 Å². The summed E-state index contributed by atoms with van der Waals surface area (Å²) in [6, 6.07) is 6.16. The van der Waals surface area contributed by atoms with Gasteiger partial charge in [0.1, 0.15) is 5.75 Å². The molecular weight excluding hydrogens is 278 g/mol. The summed E-state index contributed by atoms with van der Waals surface area (Å²) >= 11 is 3.62. The first-order valence-electron chi connectivity index (χ1n) is 6.22. The lowest BCUT2D eigenvalue weighted by Gasteiger charge is -2.51. The maximum absolute atomic E-state index is 5.29. The molecule has 0 radical (unpaired) electrons. The minimum absolute atomic E-state index is 0.530. The molecular formula is C14H20BrNO. The lowest BCUT2D eigenvalue weighted by molar-refractivity contribution is 0.194. The van der Waals surface area contributed by atoms with Gasteiger partial charge in [-0.2, -0.15) is 0 Å². The van der Waals surface area contributed by atoms with E-state index in [9.17, 15) is 0 Å². The molecule has 17 heavy (non-hydrogen) atoms. The predicted molar refractivity (Wildman–Crippen MR) is 75.9 cm³/mol. The summed E-state index contributed by atoms with van der Waals surface area (Å²) in [5.41, 5.74) is 1.78. The number of halogens is 1. The van der Waals surface area contributed by atoms with Crippen LogP contribution < -0.4 is 9.64 Å². The van der Waals surface area contributed by atoms with Gasteiger partial charge in [-0.25, -0.2) is 0 Å². The average molecular weight is 298 g/mol. The van der Waals surface area contributed by atoms with Crippen molar-refractivity contribution in [3.8, 4) is 5.75 Å². The van der Waals surface area contributed by atoms with Crippen LogP contribution in [0.5, 0.6) is 5.75 Å². The molecule has 94 valence electrons. The van der Waals surface area contributed by atoms with Gasteiger partial charge in [0.2, 0.25) is 0 Å². The summed E-state index contributed by atoms with van der Waals surface area (Å²) < 4.78 is 6.44. The zero-order valence-corrected chi connectivity index (χ0v) is 12.4. The summed E-state index contributed by atoms with van der Waals surface area (Å²) in [5.74, 6) is 0.925. The quantitative estimate of drug-likeness (QED) is 0.830. The van der Waals surface area contributed by atoms with Crippen LogP contribution in [0.25, 0.3) is 0 Å². The molecule has 2 rings (SSSR count). The highest BCUT2D eigenvalue weighted by Crippen LogP contribution is 2.43. The van der Waals surface area contributed by atoms with Gasteiger partial charge in [-0.1, -0.05) is 13.8 Å².